The first-order chi connectivity index (χ1) is 10.4. The highest BCUT2D eigenvalue weighted by Crippen LogP contribution is 2.28. The van der Waals surface area contributed by atoms with Crippen molar-refractivity contribution in [1.82, 2.24) is 0 Å². The predicted molar refractivity (Wildman–Crippen MR) is 83.9 cm³/mol. The molecule has 0 heterocycles. The summed E-state index contributed by atoms with van der Waals surface area (Å²) in [6, 6.07) is 8.52. The zero-order valence-corrected chi connectivity index (χ0v) is 12.8. The molecule has 0 bridgehead atoms. The van der Waals surface area contributed by atoms with Crippen molar-refractivity contribution in [2.45, 2.75) is 6.92 Å². The van der Waals surface area contributed by atoms with Gasteiger partial charge in [-0.1, -0.05) is 23.2 Å². The highest BCUT2D eigenvalue weighted by atomic mass is 35.5. The van der Waals surface area contributed by atoms with Crippen LogP contribution in [-0.2, 0) is 0 Å². The molecule has 0 saturated carbocycles. The van der Waals surface area contributed by atoms with Crippen LogP contribution in [0.25, 0.3) is 0 Å². The average Bonchev–Trinajstić information content (AvgIpc) is 2.44. The molecular formula is C14H10Cl2N2O4. The molecule has 0 aliphatic rings. The van der Waals surface area contributed by atoms with Gasteiger partial charge in [-0.25, -0.2) is 4.79 Å². The van der Waals surface area contributed by atoms with E-state index in [1.165, 1.54) is 36.4 Å². The number of amides is 1. The Morgan fingerprint density at radius 3 is 2.55 bits per heavy atom. The molecule has 2 aromatic carbocycles. The minimum Gasteiger partial charge on any atom is -0.409 e. The van der Waals surface area contributed by atoms with E-state index in [0.29, 0.717) is 16.3 Å². The summed E-state index contributed by atoms with van der Waals surface area (Å²) in [4.78, 5) is 22.0. The Labute approximate surface area is 135 Å². The first-order valence-electron chi connectivity index (χ1n) is 6.06. The first-order valence-corrected chi connectivity index (χ1v) is 6.81. The van der Waals surface area contributed by atoms with Gasteiger partial charge in [0.1, 0.15) is 0 Å². The highest BCUT2D eigenvalue weighted by molar-refractivity contribution is 6.35. The van der Waals surface area contributed by atoms with Gasteiger partial charge in [-0.05, 0) is 36.8 Å². The summed E-state index contributed by atoms with van der Waals surface area (Å²) >= 11 is 11.6. The van der Waals surface area contributed by atoms with Gasteiger partial charge in [0.15, 0.2) is 5.75 Å². The SMILES string of the molecule is Cc1cc([N+](=O)[O-])ccc1NC(=O)Oc1ccc(Cl)cc1Cl. The number of aryl methyl sites for hydroxylation is 1. The fourth-order valence-corrected chi connectivity index (χ4v) is 2.14. The molecule has 2 aromatic rings. The number of hydrogen-bond acceptors (Lipinski definition) is 4. The number of carbonyl (C=O) groups excluding carboxylic acids is 1. The lowest BCUT2D eigenvalue weighted by atomic mass is 10.2. The predicted octanol–water partition coefficient (Wildman–Crippen LogP) is 4.82. The fraction of sp³-hybridized carbons (Fsp3) is 0.0714. The van der Waals surface area contributed by atoms with E-state index in [9.17, 15) is 14.9 Å². The van der Waals surface area contributed by atoms with E-state index in [4.69, 9.17) is 27.9 Å². The zero-order valence-electron chi connectivity index (χ0n) is 11.3. The highest BCUT2D eigenvalue weighted by Gasteiger charge is 2.12. The Balaban J connectivity index is 2.10. The van der Waals surface area contributed by atoms with E-state index < -0.39 is 11.0 Å². The molecule has 0 atom stereocenters. The van der Waals surface area contributed by atoms with Crippen molar-refractivity contribution in [2.24, 2.45) is 0 Å². The van der Waals surface area contributed by atoms with Crippen LogP contribution in [0.4, 0.5) is 16.2 Å². The van der Waals surface area contributed by atoms with Gasteiger partial charge in [-0.3, -0.25) is 15.4 Å². The van der Waals surface area contributed by atoms with Crippen molar-refractivity contribution in [3.8, 4) is 5.75 Å². The number of nitro groups is 1. The summed E-state index contributed by atoms with van der Waals surface area (Å²) in [5, 5.41) is 13.8. The number of carbonyl (C=O) groups is 1. The number of hydrogen-bond donors (Lipinski definition) is 1. The summed E-state index contributed by atoms with van der Waals surface area (Å²) < 4.78 is 5.06. The van der Waals surface area contributed by atoms with Gasteiger partial charge in [0, 0.05) is 22.8 Å². The molecule has 0 aromatic heterocycles. The van der Waals surface area contributed by atoms with E-state index in [1.807, 2.05) is 0 Å². The second-order valence-electron chi connectivity index (χ2n) is 4.35. The van der Waals surface area contributed by atoms with Crippen molar-refractivity contribution in [3.63, 3.8) is 0 Å². The second-order valence-corrected chi connectivity index (χ2v) is 5.19. The average molecular weight is 341 g/mol. The molecular weight excluding hydrogens is 331 g/mol. The standard InChI is InChI=1S/C14H10Cl2N2O4/c1-8-6-10(18(20)21)3-4-12(8)17-14(19)22-13-5-2-9(15)7-11(13)16/h2-7H,1H3,(H,17,19). The molecule has 0 radical (unpaired) electrons. The maximum Gasteiger partial charge on any atom is 0.417 e. The van der Waals surface area contributed by atoms with Crippen LogP contribution in [-0.4, -0.2) is 11.0 Å². The lowest BCUT2D eigenvalue weighted by molar-refractivity contribution is -0.384. The summed E-state index contributed by atoms with van der Waals surface area (Å²) in [5.41, 5.74) is 0.881. The lowest BCUT2D eigenvalue weighted by Gasteiger charge is -2.10. The summed E-state index contributed by atoms with van der Waals surface area (Å²) in [6.45, 7) is 1.64. The summed E-state index contributed by atoms with van der Waals surface area (Å²) in [5.74, 6) is 0.156. The zero-order chi connectivity index (χ0) is 16.3. The van der Waals surface area contributed by atoms with Crippen LogP contribution in [0.5, 0.6) is 5.75 Å². The van der Waals surface area contributed by atoms with Gasteiger partial charge in [0.25, 0.3) is 5.69 Å². The number of nitrogens with zero attached hydrogens (tertiary/aromatic N) is 1. The van der Waals surface area contributed by atoms with Crippen LogP contribution in [0.3, 0.4) is 0 Å². The molecule has 6 nitrogen and oxygen atoms in total. The molecule has 0 aliphatic carbocycles. The van der Waals surface area contributed by atoms with Crippen molar-refractivity contribution >= 4 is 40.7 Å². The third-order valence-corrected chi connectivity index (χ3v) is 3.28. The van der Waals surface area contributed by atoms with Gasteiger partial charge in [0.05, 0.1) is 9.95 Å². The van der Waals surface area contributed by atoms with Gasteiger partial charge in [0.2, 0.25) is 0 Å². The molecule has 0 spiro atoms. The number of rotatable bonds is 3. The molecule has 0 aliphatic heterocycles. The monoisotopic (exact) mass is 340 g/mol. The number of non-ortho nitro benzene ring substituents is 1. The molecule has 0 saturated heterocycles. The first kappa shape index (κ1) is 16.1. The number of nitrogens with one attached hydrogen (secondary N) is 1. The summed E-state index contributed by atoms with van der Waals surface area (Å²) in [7, 11) is 0. The maximum atomic E-state index is 11.8. The van der Waals surface area contributed by atoms with E-state index in [1.54, 1.807) is 6.92 Å². The van der Waals surface area contributed by atoms with Crippen molar-refractivity contribution < 1.29 is 14.5 Å². The van der Waals surface area contributed by atoms with E-state index in [2.05, 4.69) is 5.32 Å². The van der Waals surface area contributed by atoms with Crippen LogP contribution in [0, 0.1) is 17.0 Å². The number of nitro benzene ring substituents is 1. The molecule has 0 fully saturated rings. The van der Waals surface area contributed by atoms with Gasteiger partial charge >= 0.3 is 6.09 Å². The molecule has 1 amide bonds. The fourth-order valence-electron chi connectivity index (χ4n) is 1.69. The number of anilines is 1. The normalized spacial score (nSPS) is 10.1. The smallest absolute Gasteiger partial charge is 0.409 e. The van der Waals surface area contributed by atoms with Crippen molar-refractivity contribution in [3.05, 3.63) is 62.1 Å². The third kappa shape index (κ3) is 3.87. The Bertz CT molecular complexity index is 750. The Morgan fingerprint density at radius 1 is 1.23 bits per heavy atom. The number of benzene rings is 2. The molecule has 8 heteroatoms. The molecule has 1 N–H and O–H groups in total. The van der Waals surface area contributed by atoms with Crippen molar-refractivity contribution in [1.29, 1.82) is 0 Å². The second kappa shape index (κ2) is 6.64. The van der Waals surface area contributed by atoms with E-state index >= 15 is 0 Å². The quantitative estimate of drug-likeness (QED) is 0.641. The third-order valence-electron chi connectivity index (χ3n) is 2.75. The van der Waals surface area contributed by atoms with Crippen LogP contribution < -0.4 is 10.1 Å². The van der Waals surface area contributed by atoms with Crippen LogP contribution in [0.2, 0.25) is 10.0 Å². The molecule has 114 valence electrons. The Morgan fingerprint density at radius 2 is 1.95 bits per heavy atom. The largest absolute Gasteiger partial charge is 0.417 e. The Kier molecular flexibility index (Phi) is 4.85. The molecule has 2 rings (SSSR count). The minimum atomic E-state index is -0.763. The number of ether oxygens (including phenoxy) is 1. The van der Waals surface area contributed by atoms with Gasteiger partial charge in [-0.15, -0.1) is 0 Å². The van der Waals surface area contributed by atoms with Crippen molar-refractivity contribution in [2.75, 3.05) is 5.32 Å². The maximum absolute atomic E-state index is 11.8. The molecule has 0 unspecified atom stereocenters. The summed E-state index contributed by atoms with van der Waals surface area (Å²) in [6.07, 6.45) is -0.763. The van der Waals surface area contributed by atoms with Gasteiger partial charge in [-0.2, -0.15) is 0 Å². The topological polar surface area (TPSA) is 81.5 Å². The van der Waals surface area contributed by atoms with Crippen LogP contribution in [0.1, 0.15) is 5.56 Å². The number of halogens is 2. The van der Waals surface area contributed by atoms with E-state index in [-0.39, 0.29) is 16.5 Å². The van der Waals surface area contributed by atoms with E-state index in [0.717, 1.165) is 0 Å². The minimum absolute atomic E-state index is 0.0582. The Hall–Kier alpha value is -2.31. The van der Waals surface area contributed by atoms with Crippen LogP contribution in [0.15, 0.2) is 36.4 Å². The lowest BCUT2D eigenvalue weighted by Crippen LogP contribution is -2.17. The van der Waals surface area contributed by atoms with Gasteiger partial charge < -0.3 is 4.74 Å². The molecule has 22 heavy (non-hydrogen) atoms. The van der Waals surface area contributed by atoms with Crippen LogP contribution >= 0.6 is 23.2 Å².